The fourth-order valence-corrected chi connectivity index (χ4v) is 2.95. The molecule has 0 saturated carbocycles. The Morgan fingerprint density at radius 2 is 2.13 bits per heavy atom. The molecular weight excluding hydrogens is 362 g/mol. The molecule has 2 rings (SSSR count). The average Bonchev–Trinajstić information content (AvgIpc) is 2.91. The fourth-order valence-electron chi connectivity index (χ4n) is 1.63. The van der Waals surface area contributed by atoms with Crippen LogP contribution in [-0.2, 0) is 14.4 Å². The van der Waals surface area contributed by atoms with Crippen LogP contribution in [0.25, 0.3) is 11.1 Å². The Balaban J connectivity index is 2.16. The topological polar surface area (TPSA) is 111 Å². The molecule has 1 aromatic heterocycles. The van der Waals surface area contributed by atoms with Crippen molar-refractivity contribution in [2.45, 2.75) is 0 Å². The van der Waals surface area contributed by atoms with Gasteiger partial charge in [0.25, 0.3) is 5.91 Å². The average molecular weight is 374 g/mol. The predicted octanol–water partition coefficient (Wildman–Crippen LogP) is 2.00. The van der Waals surface area contributed by atoms with Crippen molar-refractivity contribution in [2.75, 3.05) is 6.26 Å². The Kier molecular flexibility index (Phi) is 5.24. The van der Waals surface area contributed by atoms with Crippen molar-refractivity contribution >= 4 is 44.9 Å². The highest BCUT2D eigenvalue weighted by atomic mass is 35.5. The zero-order valence-electron chi connectivity index (χ0n) is 11.8. The van der Waals surface area contributed by atoms with Crippen LogP contribution in [0.1, 0.15) is 10.4 Å². The Bertz CT molecular complexity index is 862. The smallest absolute Gasteiger partial charge is 0.325 e. The number of nitrogens with two attached hydrogens (primary N) is 1. The van der Waals surface area contributed by atoms with Gasteiger partial charge in [-0.05, 0) is 22.9 Å². The summed E-state index contributed by atoms with van der Waals surface area (Å²) in [6.07, 6.45) is 0.805. The van der Waals surface area contributed by atoms with Gasteiger partial charge >= 0.3 is 10.1 Å². The van der Waals surface area contributed by atoms with Crippen LogP contribution in [0.3, 0.4) is 0 Å². The Morgan fingerprint density at radius 3 is 2.74 bits per heavy atom. The molecule has 23 heavy (non-hydrogen) atoms. The Labute approximate surface area is 141 Å². The number of amides is 1. The first-order valence-electron chi connectivity index (χ1n) is 6.12. The lowest BCUT2D eigenvalue weighted by Crippen LogP contribution is -2.37. The highest BCUT2D eigenvalue weighted by Crippen LogP contribution is 2.31. The molecule has 0 bridgehead atoms. The molecule has 0 aliphatic rings. The van der Waals surface area contributed by atoms with Gasteiger partial charge in [0.15, 0.2) is 0 Å². The largest absolute Gasteiger partial charge is 0.367 e. The quantitative estimate of drug-likeness (QED) is 0.483. The van der Waals surface area contributed by atoms with Crippen molar-refractivity contribution in [2.24, 2.45) is 10.9 Å². The number of benzene rings is 1. The van der Waals surface area contributed by atoms with Crippen molar-refractivity contribution in [1.29, 1.82) is 0 Å². The Hall–Kier alpha value is -2.10. The number of carbonyl (C=O) groups excluding carboxylic acids is 1. The molecule has 122 valence electrons. The maximum absolute atomic E-state index is 12.1. The van der Waals surface area contributed by atoms with Gasteiger partial charge in [-0.25, -0.2) is 0 Å². The van der Waals surface area contributed by atoms with Crippen LogP contribution in [0.4, 0.5) is 0 Å². The molecule has 1 aromatic carbocycles. The molecule has 0 fully saturated rings. The van der Waals surface area contributed by atoms with Crippen LogP contribution in [0.5, 0.6) is 0 Å². The van der Waals surface area contributed by atoms with Crippen LogP contribution < -0.4 is 11.1 Å². The van der Waals surface area contributed by atoms with Gasteiger partial charge in [0.2, 0.25) is 5.96 Å². The zero-order chi connectivity index (χ0) is 17.0. The standard InChI is InChI=1S/C13H12ClN3O4S2/c1-23(19,20)21-17-13(15)16-12(18)9-4-2-3-8(5-9)10-6-22-7-11(10)14/h2-7H,1H3,(H3,15,16,17,18). The first kappa shape index (κ1) is 17.3. The third kappa shape index (κ3) is 4.95. The minimum absolute atomic E-state index is 0.308. The van der Waals surface area contributed by atoms with E-state index >= 15 is 0 Å². The summed E-state index contributed by atoms with van der Waals surface area (Å²) in [6.45, 7) is 0. The summed E-state index contributed by atoms with van der Waals surface area (Å²) in [7, 11) is -3.79. The van der Waals surface area contributed by atoms with Crippen LogP contribution in [0.15, 0.2) is 40.2 Å². The summed E-state index contributed by atoms with van der Waals surface area (Å²) in [5.41, 5.74) is 7.28. The number of thiophene rings is 1. The van der Waals surface area contributed by atoms with Crippen LogP contribution >= 0.6 is 22.9 Å². The van der Waals surface area contributed by atoms with Gasteiger partial charge in [-0.2, -0.15) is 19.8 Å². The van der Waals surface area contributed by atoms with E-state index in [1.807, 2.05) is 11.4 Å². The summed E-state index contributed by atoms with van der Waals surface area (Å²) in [6, 6.07) is 6.71. The second-order valence-corrected chi connectivity index (χ2v) is 7.13. The summed E-state index contributed by atoms with van der Waals surface area (Å²) < 4.78 is 25.7. The number of rotatable bonds is 4. The minimum atomic E-state index is -3.79. The van der Waals surface area contributed by atoms with Gasteiger partial charge in [-0.1, -0.05) is 23.7 Å². The number of halogens is 1. The number of hydrogen-bond donors (Lipinski definition) is 2. The molecule has 0 radical (unpaired) electrons. The normalized spacial score (nSPS) is 12.0. The van der Waals surface area contributed by atoms with E-state index in [9.17, 15) is 13.2 Å². The number of hydrogen-bond acceptors (Lipinski definition) is 6. The van der Waals surface area contributed by atoms with E-state index in [0.29, 0.717) is 10.6 Å². The molecule has 0 aliphatic heterocycles. The molecule has 2 aromatic rings. The number of guanidine groups is 1. The van der Waals surface area contributed by atoms with Gasteiger partial charge in [-0.3, -0.25) is 14.4 Å². The van der Waals surface area contributed by atoms with Crippen molar-refractivity contribution in [1.82, 2.24) is 5.32 Å². The van der Waals surface area contributed by atoms with Gasteiger partial charge < -0.3 is 5.73 Å². The summed E-state index contributed by atoms with van der Waals surface area (Å²) in [5.74, 6) is -1.03. The van der Waals surface area contributed by atoms with E-state index in [4.69, 9.17) is 17.3 Å². The second-order valence-electron chi connectivity index (χ2n) is 4.42. The lowest BCUT2D eigenvalue weighted by molar-refractivity contribution is 0.0975. The van der Waals surface area contributed by atoms with Crippen molar-refractivity contribution in [3.8, 4) is 11.1 Å². The van der Waals surface area contributed by atoms with Crippen molar-refractivity contribution < 1.29 is 17.5 Å². The first-order valence-corrected chi connectivity index (χ1v) is 9.25. The zero-order valence-corrected chi connectivity index (χ0v) is 14.2. The van der Waals surface area contributed by atoms with Gasteiger partial charge in [0.1, 0.15) is 0 Å². The van der Waals surface area contributed by atoms with Crippen LogP contribution in [-0.4, -0.2) is 26.5 Å². The lowest BCUT2D eigenvalue weighted by atomic mass is 10.1. The van der Waals surface area contributed by atoms with E-state index in [-0.39, 0.29) is 0 Å². The van der Waals surface area contributed by atoms with E-state index in [0.717, 1.165) is 17.4 Å². The number of nitrogens with zero attached hydrogens (tertiary/aromatic N) is 1. The van der Waals surface area contributed by atoms with Gasteiger partial charge in [0, 0.05) is 21.9 Å². The number of oxime groups is 1. The minimum Gasteiger partial charge on any atom is -0.367 e. The van der Waals surface area contributed by atoms with Gasteiger partial charge in [-0.15, -0.1) is 0 Å². The third-order valence-electron chi connectivity index (χ3n) is 2.56. The maximum atomic E-state index is 12.1. The maximum Gasteiger partial charge on any atom is 0.325 e. The SMILES string of the molecule is CS(=O)(=O)ON=C(N)NC(=O)c1cccc(-c2cscc2Cl)c1. The number of carbonyl (C=O) groups is 1. The van der Waals surface area contributed by atoms with Gasteiger partial charge in [0.05, 0.1) is 11.3 Å². The molecule has 0 atom stereocenters. The molecule has 7 nitrogen and oxygen atoms in total. The highest BCUT2D eigenvalue weighted by molar-refractivity contribution is 7.85. The van der Waals surface area contributed by atoms with E-state index in [1.165, 1.54) is 11.3 Å². The highest BCUT2D eigenvalue weighted by Gasteiger charge is 2.11. The summed E-state index contributed by atoms with van der Waals surface area (Å²) in [4.78, 5) is 12.1. The summed E-state index contributed by atoms with van der Waals surface area (Å²) in [5, 5.41) is 9.58. The van der Waals surface area contributed by atoms with Crippen molar-refractivity contribution in [3.05, 3.63) is 45.6 Å². The van der Waals surface area contributed by atoms with Crippen LogP contribution in [0.2, 0.25) is 5.02 Å². The lowest BCUT2D eigenvalue weighted by Gasteiger charge is -2.06. The van der Waals surface area contributed by atoms with Crippen LogP contribution in [0, 0.1) is 0 Å². The number of nitrogens with one attached hydrogen (secondary N) is 1. The van der Waals surface area contributed by atoms with Crippen molar-refractivity contribution in [3.63, 3.8) is 0 Å². The third-order valence-corrected chi connectivity index (χ3v) is 4.09. The molecule has 0 aliphatic carbocycles. The monoisotopic (exact) mass is 373 g/mol. The predicted molar refractivity (Wildman–Crippen MR) is 89.8 cm³/mol. The molecule has 0 saturated heterocycles. The molecule has 3 N–H and O–H groups in total. The van der Waals surface area contributed by atoms with E-state index in [1.54, 1.807) is 23.6 Å². The molecule has 0 spiro atoms. The summed E-state index contributed by atoms with van der Waals surface area (Å²) >= 11 is 7.52. The first-order chi connectivity index (χ1) is 10.8. The van der Waals surface area contributed by atoms with E-state index < -0.39 is 22.0 Å². The fraction of sp³-hybridized carbons (Fsp3) is 0.0769. The molecule has 1 amide bonds. The van der Waals surface area contributed by atoms with E-state index in [2.05, 4.69) is 14.8 Å². The molecule has 10 heteroatoms. The second kappa shape index (κ2) is 6.99. The molecular formula is C13H12ClN3O4S2. The Morgan fingerprint density at radius 1 is 1.39 bits per heavy atom. The molecule has 0 unspecified atom stereocenters. The molecule has 1 heterocycles.